The van der Waals surface area contributed by atoms with Gasteiger partial charge >= 0.3 is 0 Å². The van der Waals surface area contributed by atoms with Crippen LogP contribution in [0.2, 0.25) is 0 Å². The lowest BCUT2D eigenvalue weighted by Crippen LogP contribution is -2.35. The van der Waals surface area contributed by atoms with Crippen LogP contribution in [0.5, 0.6) is 0 Å². The molecule has 0 saturated carbocycles. The van der Waals surface area contributed by atoms with E-state index >= 15 is 0 Å². The summed E-state index contributed by atoms with van der Waals surface area (Å²) in [6.45, 7) is 4.28. The van der Waals surface area contributed by atoms with Gasteiger partial charge in [0.25, 0.3) is 5.56 Å². The van der Waals surface area contributed by atoms with Gasteiger partial charge in [0.1, 0.15) is 0 Å². The second-order valence-electron chi connectivity index (χ2n) is 4.80. The lowest BCUT2D eigenvalue weighted by atomic mass is 10.1. The summed E-state index contributed by atoms with van der Waals surface area (Å²) >= 11 is 4.99. The van der Waals surface area contributed by atoms with Crippen molar-refractivity contribution in [1.29, 1.82) is 0 Å². The van der Waals surface area contributed by atoms with Gasteiger partial charge in [-0.1, -0.05) is 0 Å². The zero-order chi connectivity index (χ0) is 13.4. The SMILES string of the molecule is Cc1[nH]cnc1CN1CCc2[nH]c(=S)[nH]c(=O)c2C1. The third-order valence-corrected chi connectivity index (χ3v) is 3.70. The van der Waals surface area contributed by atoms with Crippen LogP contribution in [0.1, 0.15) is 22.6 Å². The maximum Gasteiger partial charge on any atom is 0.256 e. The highest BCUT2D eigenvalue weighted by molar-refractivity contribution is 7.71. The molecule has 3 rings (SSSR count). The second kappa shape index (κ2) is 4.75. The summed E-state index contributed by atoms with van der Waals surface area (Å²) in [7, 11) is 0. The van der Waals surface area contributed by atoms with Gasteiger partial charge in [0.05, 0.1) is 17.6 Å². The van der Waals surface area contributed by atoms with Crippen LogP contribution >= 0.6 is 12.2 Å². The molecule has 0 atom stereocenters. The first-order valence-corrected chi connectivity index (χ1v) is 6.60. The molecule has 3 N–H and O–H groups in total. The number of aromatic amines is 3. The number of fused-ring (bicyclic) bond motifs is 1. The van der Waals surface area contributed by atoms with Gasteiger partial charge in [-0.3, -0.25) is 14.7 Å². The van der Waals surface area contributed by atoms with Crippen molar-refractivity contribution in [3.63, 3.8) is 0 Å². The van der Waals surface area contributed by atoms with Crippen LogP contribution in [-0.2, 0) is 19.5 Å². The number of aryl methyl sites for hydroxylation is 1. The van der Waals surface area contributed by atoms with E-state index in [2.05, 4.69) is 24.8 Å². The van der Waals surface area contributed by atoms with E-state index in [0.717, 1.165) is 42.2 Å². The van der Waals surface area contributed by atoms with Crippen LogP contribution in [0.15, 0.2) is 11.1 Å². The Kier molecular flexibility index (Phi) is 3.08. The summed E-state index contributed by atoms with van der Waals surface area (Å²) in [5.41, 5.74) is 3.77. The fourth-order valence-electron chi connectivity index (χ4n) is 2.41. The molecule has 6 nitrogen and oxygen atoms in total. The summed E-state index contributed by atoms with van der Waals surface area (Å²) < 4.78 is 0.403. The van der Waals surface area contributed by atoms with E-state index < -0.39 is 0 Å². The highest BCUT2D eigenvalue weighted by Gasteiger charge is 2.20. The molecule has 0 unspecified atom stereocenters. The molecule has 100 valence electrons. The van der Waals surface area contributed by atoms with Crippen molar-refractivity contribution in [1.82, 2.24) is 24.8 Å². The topological polar surface area (TPSA) is 80.6 Å². The molecule has 1 aliphatic rings. The summed E-state index contributed by atoms with van der Waals surface area (Å²) in [6.07, 6.45) is 2.51. The maximum atomic E-state index is 11.9. The number of hydrogen-bond acceptors (Lipinski definition) is 4. The minimum atomic E-state index is -0.0813. The molecular weight excluding hydrogens is 262 g/mol. The zero-order valence-corrected chi connectivity index (χ0v) is 11.4. The number of nitrogens with one attached hydrogen (secondary N) is 3. The van der Waals surface area contributed by atoms with E-state index in [1.54, 1.807) is 6.33 Å². The van der Waals surface area contributed by atoms with Gasteiger partial charge in [-0.2, -0.15) is 0 Å². The zero-order valence-electron chi connectivity index (χ0n) is 10.6. The van der Waals surface area contributed by atoms with Crippen molar-refractivity contribution in [2.75, 3.05) is 6.54 Å². The van der Waals surface area contributed by atoms with Gasteiger partial charge in [0, 0.05) is 37.4 Å². The van der Waals surface area contributed by atoms with Crippen LogP contribution in [-0.4, -0.2) is 31.4 Å². The summed E-state index contributed by atoms with van der Waals surface area (Å²) in [5, 5.41) is 0. The van der Waals surface area contributed by atoms with Crippen molar-refractivity contribution in [3.05, 3.63) is 44.1 Å². The molecular formula is C12H15N5OS. The first kappa shape index (κ1) is 12.3. The molecule has 0 fully saturated rings. The molecule has 3 heterocycles. The van der Waals surface area contributed by atoms with E-state index in [1.165, 1.54) is 0 Å². The Bertz CT molecular complexity index is 713. The van der Waals surface area contributed by atoms with Crippen LogP contribution in [0.3, 0.4) is 0 Å². The minimum absolute atomic E-state index is 0.0813. The van der Waals surface area contributed by atoms with E-state index in [9.17, 15) is 4.79 Å². The Morgan fingerprint density at radius 1 is 1.47 bits per heavy atom. The molecule has 1 aliphatic heterocycles. The average molecular weight is 277 g/mol. The number of nitrogens with zero attached hydrogens (tertiary/aromatic N) is 2. The number of H-pyrrole nitrogens is 3. The molecule has 7 heteroatoms. The Morgan fingerprint density at radius 3 is 3.05 bits per heavy atom. The molecule has 19 heavy (non-hydrogen) atoms. The molecule has 0 spiro atoms. The molecule has 0 bridgehead atoms. The summed E-state index contributed by atoms with van der Waals surface area (Å²) in [5.74, 6) is 0. The van der Waals surface area contributed by atoms with E-state index in [1.807, 2.05) is 6.92 Å². The van der Waals surface area contributed by atoms with E-state index in [4.69, 9.17) is 12.2 Å². The number of aromatic nitrogens is 4. The van der Waals surface area contributed by atoms with Crippen molar-refractivity contribution in [2.45, 2.75) is 26.4 Å². The predicted molar refractivity (Wildman–Crippen MR) is 73.4 cm³/mol. The third kappa shape index (κ3) is 2.39. The van der Waals surface area contributed by atoms with Gasteiger partial charge in [-0.25, -0.2) is 4.98 Å². The number of hydrogen-bond donors (Lipinski definition) is 3. The summed E-state index contributed by atoms with van der Waals surface area (Å²) in [4.78, 5) is 27.2. The summed E-state index contributed by atoms with van der Waals surface area (Å²) in [6, 6.07) is 0. The Labute approximate surface area is 114 Å². The minimum Gasteiger partial charge on any atom is -0.348 e. The lowest BCUT2D eigenvalue weighted by Gasteiger charge is -2.27. The Morgan fingerprint density at radius 2 is 2.32 bits per heavy atom. The molecule has 2 aromatic rings. The van der Waals surface area contributed by atoms with Crippen LogP contribution < -0.4 is 5.56 Å². The smallest absolute Gasteiger partial charge is 0.256 e. The second-order valence-corrected chi connectivity index (χ2v) is 5.21. The standard InChI is InChI=1S/C12H15N5OS/c1-7-10(14-6-13-7)5-17-3-2-9-8(4-17)11(18)16-12(19)15-9/h6H,2-5H2,1H3,(H,13,14)(H2,15,16,18,19). The molecule has 2 aromatic heterocycles. The van der Waals surface area contributed by atoms with Gasteiger partial charge in [-0.15, -0.1) is 0 Å². The highest BCUT2D eigenvalue weighted by atomic mass is 32.1. The average Bonchev–Trinajstić information content (AvgIpc) is 2.76. The van der Waals surface area contributed by atoms with Crippen molar-refractivity contribution < 1.29 is 0 Å². The number of rotatable bonds is 2. The predicted octanol–water partition coefficient (Wildman–Crippen LogP) is 1.02. The Hall–Kier alpha value is -1.73. The molecule has 0 aromatic carbocycles. The highest BCUT2D eigenvalue weighted by Crippen LogP contribution is 2.16. The first-order chi connectivity index (χ1) is 9.13. The molecule has 0 aliphatic carbocycles. The van der Waals surface area contributed by atoms with E-state index in [-0.39, 0.29) is 5.56 Å². The van der Waals surface area contributed by atoms with Crippen LogP contribution in [0, 0.1) is 11.7 Å². The quantitative estimate of drug-likeness (QED) is 0.716. The van der Waals surface area contributed by atoms with Gasteiger partial charge in [0.2, 0.25) is 0 Å². The monoisotopic (exact) mass is 277 g/mol. The Balaban J connectivity index is 1.85. The van der Waals surface area contributed by atoms with Crippen molar-refractivity contribution in [2.24, 2.45) is 0 Å². The molecule has 0 radical (unpaired) electrons. The van der Waals surface area contributed by atoms with Crippen molar-refractivity contribution in [3.8, 4) is 0 Å². The molecule has 0 amide bonds. The first-order valence-electron chi connectivity index (χ1n) is 6.19. The van der Waals surface area contributed by atoms with Gasteiger partial charge in [-0.05, 0) is 19.1 Å². The fourth-order valence-corrected chi connectivity index (χ4v) is 2.62. The van der Waals surface area contributed by atoms with Gasteiger partial charge in [0.15, 0.2) is 4.77 Å². The van der Waals surface area contributed by atoms with E-state index in [0.29, 0.717) is 11.3 Å². The largest absolute Gasteiger partial charge is 0.348 e. The number of imidazole rings is 1. The normalized spacial score (nSPS) is 15.4. The van der Waals surface area contributed by atoms with Crippen LogP contribution in [0.25, 0.3) is 0 Å². The molecule has 0 saturated heterocycles. The maximum absolute atomic E-state index is 11.9. The van der Waals surface area contributed by atoms with Gasteiger partial charge < -0.3 is 9.97 Å². The van der Waals surface area contributed by atoms with Crippen molar-refractivity contribution >= 4 is 12.2 Å². The third-order valence-electron chi connectivity index (χ3n) is 3.50. The van der Waals surface area contributed by atoms with Crippen LogP contribution in [0.4, 0.5) is 0 Å². The fraction of sp³-hybridized carbons (Fsp3) is 0.417. The lowest BCUT2D eigenvalue weighted by molar-refractivity contribution is 0.238.